The monoisotopic (exact) mass is 186 g/mol. The zero-order chi connectivity index (χ0) is 8.97. The summed E-state index contributed by atoms with van der Waals surface area (Å²) < 4.78 is 0. The van der Waals surface area contributed by atoms with Crippen LogP contribution in [0.4, 0.5) is 0 Å². The number of hydrogen-bond acceptors (Lipinski definition) is 4. The zero-order valence-electron chi connectivity index (χ0n) is 6.42. The van der Waals surface area contributed by atoms with Crippen LogP contribution < -0.4 is 22.5 Å². The lowest BCUT2D eigenvalue weighted by Crippen LogP contribution is -2.44. The predicted octanol–water partition coefficient (Wildman–Crippen LogP) is 0.265. The summed E-state index contributed by atoms with van der Waals surface area (Å²) in [5, 5.41) is 0.618. The van der Waals surface area contributed by atoms with Gasteiger partial charge in [0.15, 0.2) is 0 Å². The molecular weight excluding hydrogens is 176 g/mol. The van der Waals surface area contributed by atoms with Crippen molar-refractivity contribution in [2.45, 2.75) is 6.17 Å². The molecule has 0 saturated heterocycles. The van der Waals surface area contributed by atoms with Gasteiger partial charge in [0.05, 0.1) is 6.17 Å². The highest BCUT2D eigenvalue weighted by atomic mass is 35.5. The molecule has 0 aromatic heterocycles. The number of nitrogens with two attached hydrogens (primary N) is 2. The third-order valence-corrected chi connectivity index (χ3v) is 1.82. The van der Waals surface area contributed by atoms with Crippen molar-refractivity contribution >= 4 is 11.6 Å². The lowest BCUT2D eigenvalue weighted by Gasteiger charge is -2.13. The Kier molecular flexibility index (Phi) is 3.46. The van der Waals surface area contributed by atoms with Gasteiger partial charge >= 0.3 is 0 Å². The Labute approximate surface area is 75.8 Å². The quantitative estimate of drug-likeness (QED) is 0.311. The molecule has 1 aromatic rings. The summed E-state index contributed by atoms with van der Waals surface area (Å²) >= 11 is 5.87. The van der Waals surface area contributed by atoms with Crippen molar-refractivity contribution in [3.63, 3.8) is 0 Å². The van der Waals surface area contributed by atoms with E-state index in [2.05, 4.69) is 11.0 Å². The van der Waals surface area contributed by atoms with Gasteiger partial charge in [-0.15, -0.1) is 0 Å². The summed E-state index contributed by atoms with van der Waals surface area (Å²) in [6, 6.07) is 7.31. The van der Waals surface area contributed by atoms with Gasteiger partial charge in [0.1, 0.15) is 0 Å². The van der Waals surface area contributed by atoms with Crippen molar-refractivity contribution in [2.75, 3.05) is 0 Å². The van der Waals surface area contributed by atoms with Crippen LogP contribution in [0.2, 0.25) is 5.02 Å². The van der Waals surface area contributed by atoms with Crippen molar-refractivity contribution in [3.05, 3.63) is 34.9 Å². The molecule has 66 valence electrons. The molecule has 0 heterocycles. The van der Waals surface area contributed by atoms with E-state index < -0.39 is 6.17 Å². The van der Waals surface area contributed by atoms with Gasteiger partial charge in [-0.25, -0.2) is 5.43 Å². The van der Waals surface area contributed by atoms with E-state index in [-0.39, 0.29) is 0 Å². The van der Waals surface area contributed by atoms with Gasteiger partial charge in [0, 0.05) is 10.6 Å². The first-order valence-corrected chi connectivity index (χ1v) is 3.84. The molecule has 1 atom stereocenters. The maximum atomic E-state index is 5.87. The van der Waals surface area contributed by atoms with Crippen LogP contribution in [0.15, 0.2) is 24.3 Å². The first-order chi connectivity index (χ1) is 5.75. The molecule has 0 aliphatic heterocycles. The van der Waals surface area contributed by atoms with Gasteiger partial charge in [-0.2, -0.15) is 5.53 Å². The second-order valence-corrected chi connectivity index (χ2v) is 2.70. The average Bonchev–Trinajstić information content (AvgIpc) is 2.05. The van der Waals surface area contributed by atoms with Crippen molar-refractivity contribution in [2.24, 2.45) is 11.6 Å². The number of rotatable bonds is 3. The number of hydrazine groups is 2. The van der Waals surface area contributed by atoms with Crippen LogP contribution in [0.1, 0.15) is 11.7 Å². The zero-order valence-corrected chi connectivity index (χ0v) is 7.18. The van der Waals surface area contributed by atoms with Gasteiger partial charge in [-0.3, -0.25) is 5.84 Å². The van der Waals surface area contributed by atoms with E-state index in [0.29, 0.717) is 5.02 Å². The minimum atomic E-state index is -0.399. The first-order valence-electron chi connectivity index (χ1n) is 3.47. The molecule has 0 amide bonds. The van der Waals surface area contributed by atoms with Crippen LogP contribution in [0.5, 0.6) is 0 Å². The van der Waals surface area contributed by atoms with Crippen molar-refractivity contribution in [1.29, 1.82) is 0 Å². The number of hydrogen-bond donors (Lipinski definition) is 4. The van der Waals surface area contributed by atoms with Gasteiger partial charge < -0.3 is 5.73 Å². The standard InChI is InChI=1S/C7H11ClN4/c8-6-4-2-1-3-5(6)7(9)11-12-10/h1-4,7,11-12H,9-10H2. The summed E-state index contributed by atoms with van der Waals surface area (Å²) in [4.78, 5) is 0. The molecule has 6 N–H and O–H groups in total. The van der Waals surface area contributed by atoms with E-state index in [9.17, 15) is 0 Å². The van der Waals surface area contributed by atoms with E-state index in [1.807, 2.05) is 18.2 Å². The van der Waals surface area contributed by atoms with Crippen LogP contribution >= 0.6 is 11.6 Å². The van der Waals surface area contributed by atoms with E-state index in [0.717, 1.165) is 5.56 Å². The lowest BCUT2D eigenvalue weighted by molar-refractivity contribution is 0.460. The molecule has 4 nitrogen and oxygen atoms in total. The Balaban J connectivity index is 2.79. The Bertz CT molecular complexity index is 253. The highest BCUT2D eigenvalue weighted by molar-refractivity contribution is 6.31. The maximum Gasteiger partial charge on any atom is 0.0966 e. The molecule has 5 heteroatoms. The summed E-state index contributed by atoms with van der Waals surface area (Å²) in [6.45, 7) is 0. The normalized spacial score (nSPS) is 12.9. The highest BCUT2D eigenvalue weighted by Gasteiger charge is 2.06. The fourth-order valence-corrected chi connectivity index (χ4v) is 1.15. The first kappa shape index (κ1) is 9.44. The second kappa shape index (κ2) is 4.39. The number of benzene rings is 1. The lowest BCUT2D eigenvalue weighted by atomic mass is 10.2. The van der Waals surface area contributed by atoms with Crippen LogP contribution in [0.3, 0.4) is 0 Å². The number of nitrogens with one attached hydrogen (secondary N) is 2. The minimum absolute atomic E-state index is 0.399. The van der Waals surface area contributed by atoms with Crippen molar-refractivity contribution in [1.82, 2.24) is 11.0 Å². The number of halogens is 1. The molecule has 0 radical (unpaired) electrons. The molecule has 0 bridgehead atoms. The van der Waals surface area contributed by atoms with Gasteiger partial charge in [-0.05, 0) is 6.07 Å². The third kappa shape index (κ3) is 2.17. The van der Waals surface area contributed by atoms with Crippen molar-refractivity contribution < 1.29 is 0 Å². The second-order valence-electron chi connectivity index (χ2n) is 2.29. The summed E-state index contributed by atoms with van der Waals surface area (Å²) in [6.07, 6.45) is -0.399. The molecule has 1 aromatic carbocycles. The Morgan fingerprint density at radius 1 is 1.33 bits per heavy atom. The largest absolute Gasteiger partial charge is 0.311 e. The Morgan fingerprint density at radius 2 is 2.00 bits per heavy atom. The van der Waals surface area contributed by atoms with Gasteiger partial charge in [0.25, 0.3) is 0 Å². The van der Waals surface area contributed by atoms with E-state index in [1.54, 1.807) is 6.07 Å². The van der Waals surface area contributed by atoms with Crippen LogP contribution in [0, 0.1) is 0 Å². The van der Waals surface area contributed by atoms with Gasteiger partial charge in [-0.1, -0.05) is 29.8 Å². The average molecular weight is 187 g/mol. The van der Waals surface area contributed by atoms with Crippen LogP contribution in [-0.4, -0.2) is 0 Å². The molecule has 0 saturated carbocycles. The Hall–Kier alpha value is -0.650. The van der Waals surface area contributed by atoms with E-state index in [1.165, 1.54) is 0 Å². The topological polar surface area (TPSA) is 76.1 Å². The van der Waals surface area contributed by atoms with E-state index in [4.69, 9.17) is 23.2 Å². The molecule has 1 rings (SSSR count). The fraction of sp³-hybridized carbons (Fsp3) is 0.143. The van der Waals surface area contributed by atoms with Gasteiger partial charge in [0.2, 0.25) is 0 Å². The van der Waals surface area contributed by atoms with E-state index >= 15 is 0 Å². The Morgan fingerprint density at radius 3 is 2.58 bits per heavy atom. The summed E-state index contributed by atoms with van der Waals surface area (Å²) in [7, 11) is 0. The smallest absolute Gasteiger partial charge is 0.0966 e. The molecule has 0 fully saturated rings. The molecule has 12 heavy (non-hydrogen) atoms. The summed E-state index contributed by atoms with van der Waals surface area (Å²) in [5.74, 6) is 5.03. The summed E-state index contributed by atoms with van der Waals surface area (Å²) in [5.41, 5.74) is 11.4. The predicted molar refractivity (Wildman–Crippen MR) is 48.8 cm³/mol. The minimum Gasteiger partial charge on any atom is -0.311 e. The van der Waals surface area contributed by atoms with Crippen molar-refractivity contribution in [3.8, 4) is 0 Å². The third-order valence-electron chi connectivity index (χ3n) is 1.48. The SMILES string of the molecule is NNNC(N)c1ccccc1Cl. The van der Waals surface area contributed by atoms with Crippen LogP contribution in [0.25, 0.3) is 0 Å². The highest BCUT2D eigenvalue weighted by Crippen LogP contribution is 2.18. The molecule has 0 aliphatic rings. The maximum absolute atomic E-state index is 5.87. The molecule has 1 unspecified atom stereocenters. The molecule has 0 aliphatic carbocycles. The fourth-order valence-electron chi connectivity index (χ4n) is 0.895. The molecule has 0 spiro atoms. The van der Waals surface area contributed by atoms with Crippen LogP contribution in [-0.2, 0) is 0 Å². The molecular formula is C7H11ClN4.